The standard InChI is InChI=1S/C29H28NOP/c1-21-11-16-25(17-12-21)32(26-18-13-22(2)14-19-26)31-28-10-6-9-24-15-20-27(30-29(24)28)23-7-4-3-5-8-23/h3-5,7-8,11-20,28H,6,9-10H2,1-2H3/t28-/m0/s1. The monoisotopic (exact) mass is 437 g/mol. The summed E-state index contributed by atoms with van der Waals surface area (Å²) >= 11 is 0. The second-order valence-corrected chi connectivity index (χ2v) is 10.4. The molecular weight excluding hydrogens is 409 g/mol. The van der Waals surface area contributed by atoms with E-state index in [9.17, 15) is 0 Å². The van der Waals surface area contributed by atoms with Gasteiger partial charge in [0.25, 0.3) is 0 Å². The van der Waals surface area contributed by atoms with Crippen molar-refractivity contribution in [2.75, 3.05) is 0 Å². The van der Waals surface area contributed by atoms with Crippen molar-refractivity contribution in [2.24, 2.45) is 0 Å². The van der Waals surface area contributed by atoms with Gasteiger partial charge in [-0.2, -0.15) is 0 Å². The van der Waals surface area contributed by atoms with Crippen molar-refractivity contribution in [1.29, 1.82) is 0 Å². The Morgan fingerprint density at radius 1 is 0.750 bits per heavy atom. The summed E-state index contributed by atoms with van der Waals surface area (Å²) in [5.74, 6) is 0. The molecule has 5 rings (SSSR count). The van der Waals surface area contributed by atoms with Crippen LogP contribution in [0.1, 0.15) is 41.3 Å². The highest BCUT2D eigenvalue weighted by Gasteiger charge is 2.28. The first-order chi connectivity index (χ1) is 15.7. The number of aromatic nitrogens is 1. The summed E-state index contributed by atoms with van der Waals surface area (Å²) in [5, 5.41) is 2.50. The number of fused-ring (bicyclic) bond motifs is 1. The molecule has 4 aromatic rings. The van der Waals surface area contributed by atoms with Crippen LogP contribution < -0.4 is 10.6 Å². The Hall–Kier alpha value is -2.80. The first-order valence-corrected chi connectivity index (χ1v) is 12.6. The Labute approximate surface area is 192 Å². The van der Waals surface area contributed by atoms with Gasteiger partial charge in [-0.15, -0.1) is 0 Å². The van der Waals surface area contributed by atoms with Gasteiger partial charge < -0.3 is 4.52 Å². The molecule has 0 amide bonds. The van der Waals surface area contributed by atoms with E-state index in [1.54, 1.807) is 0 Å². The van der Waals surface area contributed by atoms with Crippen LogP contribution in [0.3, 0.4) is 0 Å². The molecule has 3 heteroatoms. The van der Waals surface area contributed by atoms with Gasteiger partial charge in [-0.05, 0) is 44.7 Å². The average Bonchev–Trinajstić information content (AvgIpc) is 2.84. The summed E-state index contributed by atoms with van der Waals surface area (Å²) < 4.78 is 6.96. The molecule has 0 fully saturated rings. The third-order valence-corrected chi connectivity index (χ3v) is 8.07. The van der Waals surface area contributed by atoms with E-state index in [-0.39, 0.29) is 6.10 Å². The van der Waals surface area contributed by atoms with Crippen molar-refractivity contribution in [3.8, 4) is 11.3 Å². The molecule has 0 spiro atoms. The van der Waals surface area contributed by atoms with Gasteiger partial charge in [-0.1, -0.05) is 96.1 Å². The normalized spacial score (nSPS) is 15.5. The van der Waals surface area contributed by atoms with Gasteiger partial charge in [0.15, 0.2) is 0 Å². The Morgan fingerprint density at radius 2 is 1.38 bits per heavy atom. The molecule has 32 heavy (non-hydrogen) atoms. The zero-order chi connectivity index (χ0) is 21.9. The number of hydrogen-bond acceptors (Lipinski definition) is 2. The highest BCUT2D eigenvalue weighted by Crippen LogP contribution is 2.45. The summed E-state index contributed by atoms with van der Waals surface area (Å²) in [6, 6.07) is 32.4. The number of hydrogen-bond donors (Lipinski definition) is 0. The van der Waals surface area contributed by atoms with Crippen molar-refractivity contribution in [2.45, 2.75) is 39.2 Å². The molecule has 3 aromatic carbocycles. The Morgan fingerprint density at radius 3 is 2.00 bits per heavy atom. The Bertz CT molecular complexity index is 1140. The number of pyridine rings is 1. The average molecular weight is 438 g/mol. The highest BCUT2D eigenvalue weighted by atomic mass is 31.1. The van der Waals surface area contributed by atoms with Crippen LogP contribution in [0.25, 0.3) is 11.3 Å². The van der Waals surface area contributed by atoms with Gasteiger partial charge in [0.1, 0.15) is 6.10 Å². The summed E-state index contributed by atoms with van der Waals surface area (Å²) in [7, 11) is -0.927. The lowest BCUT2D eigenvalue weighted by molar-refractivity contribution is 0.205. The van der Waals surface area contributed by atoms with Gasteiger partial charge in [-0.25, -0.2) is 4.98 Å². The minimum atomic E-state index is -0.927. The lowest BCUT2D eigenvalue weighted by Gasteiger charge is -2.29. The molecular formula is C29H28NOP. The van der Waals surface area contributed by atoms with E-state index in [0.717, 1.165) is 36.2 Å². The van der Waals surface area contributed by atoms with Gasteiger partial charge in [0.05, 0.1) is 19.5 Å². The zero-order valence-electron chi connectivity index (χ0n) is 18.7. The topological polar surface area (TPSA) is 22.1 Å². The molecule has 0 aliphatic heterocycles. The molecule has 2 nitrogen and oxygen atoms in total. The molecule has 160 valence electrons. The molecule has 1 aliphatic rings. The van der Waals surface area contributed by atoms with E-state index in [1.807, 2.05) is 6.07 Å². The first kappa shape index (κ1) is 21.1. The highest BCUT2D eigenvalue weighted by molar-refractivity contribution is 7.68. The maximum absolute atomic E-state index is 6.96. The molecule has 0 unspecified atom stereocenters. The van der Waals surface area contributed by atoms with Crippen LogP contribution in [0, 0.1) is 13.8 Å². The largest absolute Gasteiger partial charge is 0.340 e. The van der Waals surface area contributed by atoms with Gasteiger partial charge in [0, 0.05) is 16.2 Å². The summed E-state index contributed by atoms with van der Waals surface area (Å²) in [6.07, 6.45) is 3.23. The van der Waals surface area contributed by atoms with Gasteiger partial charge >= 0.3 is 0 Å². The first-order valence-electron chi connectivity index (χ1n) is 11.3. The number of benzene rings is 3. The van der Waals surface area contributed by atoms with Crippen LogP contribution in [-0.4, -0.2) is 4.98 Å². The lowest BCUT2D eigenvalue weighted by Crippen LogP contribution is -2.20. The maximum Gasteiger partial charge on any atom is 0.105 e. The molecule has 1 aliphatic carbocycles. The van der Waals surface area contributed by atoms with E-state index < -0.39 is 8.15 Å². The van der Waals surface area contributed by atoms with Crippen LogP contribution in [0.15, 0.2) is 91.0 Å². The van der Waals surface area contributed by atoms with Crippen molar-refractivity contribution in [3.63, 3.8) is 0 Å². The van der Waals surface area contributed by atoms with Crippen LogP contribution in [0.4, 0.5) is 0 Å². The fourth-order valence-corrected chi connectivity index (χ4v) is 6.08. The summed E-state index contributed by atoms with van der Waals surface area (Å²) in [6.45, 7) is 4.26. The second-order valence-electron chi connectivity index (χ2n) is 8.56. The predicted molar refractivity (Wildman–Crippen MR) is 135 cm³/mol. The minimum absolute atomic E-state index is 0.0103. The maximum atomic E-state index is 6.96. The van der Waals surface area contributed by atoms with E-state index in [2.05, 4.69) is 98.8 Å². The van der Waals surface area contributed by atoms with Gasteiger partial charge in [0.2, 0.25) is 0 Å². The molecule has 1 atom stereocenters. The fourth-order valence-electron chi connectivity index (χ4n) is 4.24. The Balaban J connectivity index is 1.52. The molecule has 1 aromatic heterocycles. The van der Waals surface area contributed by atoms with E-state index in [1.165, 1.54) is 27.3 Å². The molecule has 0 bridgehead atoms. The van der Waals surface area contributed by atoms with E-state index in [4.69, 9.17) is 9.51 Å². The SMILES string of the molecule is Cc1ccc(P(O[C@H]2CCCc3ccc(-c4ccccc4)nc32)c2ccc(C)cc2)cc1. The number of rotatable bonds is 5. The van der Waals surface area contributed by atoms with E-state index in [0.29, 0.717) is 0 Å². The summed E-state index contributed by atoms with van der Waals surface area (Å²) in [5.41, 5.74) is 7.15. The molecule has 0 radical (unpaired) electrons. The number of nitrogens with zero attached hydrogens (tertiary/aromatic N) is 1. The minimum Gasteiger partial charge on any atom is -0.340 e. The second kappa shape index (κ2) is 9.36. The van der Waals surface area contributed by atoms with Crippen LogP contribution in [-0.2, 0) is 10.9 Å². The smallest absolute Gasteiger partial charge is 0.105 e. The van der Waals surface area contributed by atoms with Crippen LogP contribution in [0.2, 0.25) is 0 Å². The molecule has 0 saturated heterocycles. The predicted octanol–water partition coefficient (Wildman–Crippen LogP) is 6.81. The fraction of sp³-hybridized carbons (Fsp3) is 0.207. The third-order valence-electron chi connectivity index (χ3n) is 6.07. The zero-order valence-corrected chi connectivity index (χ0v) is 19.6. The molecule has 0 N–H and O–H groups in total. The van der Waals surface area contributed by atoms with Crippen molar-refractivity contribution >= 4 is 18.8 Å². The van der Waals surface area contributed by atoms with Crippen molar-refractivity contribution in [1.82, 2.24) is 4.98 Å². The van der Waals surface area contributed by atoms with Crippen molar-refractivity contribution < 1.29 is 4.52 Å². The summed E-state index contributed by atoms with van der Waals surface area (Å²) in [4.78, 5) is 5.12. The van der Waals surface area contributed by atoms with Crippen LogP contribution >= 0.6 is 8.15 Å². The molecule has 0 saturated carbocycles. The Kier molecular flexibility index (Phi) is 6.17. The number of aryl methyl sites for hydroxylation is 3. The molecule has 1 heterocycles. The quantitative estimate of drug-likeness (QED) is 0.320. The van der Waals surface area contributed by atoms with Crippen molar-refractivity contribution in [3.05, 3.63) is 113 Å². The van der Waals surface area contributed by atoms with Gasteiger partial charge in [-0.3, -0.25) is 0 Å². The van der Waals surface area contributed by atoms with E-state index >= 15 is 0 Å². The van der Waals surface area contributed by atoms with Crippen LogP contribution in [0.5, 0.6) is 0 Å². The third kappa shape index (κ3) is 4.53. The lowest BCUT2D eigenvalue weighted by atomic mass is 9.93.